The zero-order valence-corrected chi connectivity index (χ0v) is 39.1. The molecule has 1 aliphatic carbocycles. The van der Waals surface area contributed by atoms with Gasteiger partial charge in [0.15, 0.2) is 0 Å². The van der Waals surface area contributed by atoms with Crippen molar-refractivity contribution in [3.63, 3.8) is 0 Å². The maximum Gasteiger partial charge on any atom is 0.0645 e. The van der Waals surface area contributed by atoms with Crippen LogP contribution in [0.1, 0.15) is 25.0 Å². The molecule has 0 atom stereocenters. The molecule has 6 nitrogen and oxygen atoms in total. The molecule has 71 heavy (non-hydrogen) atoms. The normalized spacial score (nSPS) is 13.0. The Hall–Kier alpha value is -9.26. The summed E-state index contributed by atoms with van der Waals surface area (Å²) in [4.78, 5) is 13.9. The molecule has 15 rings (SSSR count). The number of hydrogen-bond donors (Lipinski definition) is 0. The van der Waals surface area contributed by atoms with Crippen LogP contribution in [0.25, 0.3) is 87.7 Å². The monoisotopic (exact) mass is 908 g/mol. The Morgan fingerprint density at radius 2 is 0.817 bits per heavy atom. The molecule has 0 radical (unpaired) electrons. The van der Waals surface area contributed by atoms with Crippen LogP contribution in [0.3, 0.4) is 0 Å². The zero-order valence-electron chi connectivity index (χ0n) is 39.1. The van der Waals surface area contributed by atoms with E-state index in [0.29, 0.717) is 0 Å². The van der Waals surface area contributed by atoms with Gasteiger partial charge in [-0.2, -0.15) is 0 Å². The van der Waals surface area contributed by atoms with E-state index in [4.69, 9.17) is 0 Å². The maximum absolute atomic E-state index is 4.52. The van der Waals surface area contributed by atoms with Gasteiger partial charge in [-0.3, -0.25) is 9.97 Å². The number of nitrogens with zero attached hydrogens (tertiary/aromatic N) is 6. The first-order chi connectivity index (χ1) is 35.0. The molecule has 1 aliphatic rings. The molecule has 0 saturated carbocycles. The van der Waals surface area contributed by atoms with E-state index >= 15 is 0 Å². The van der Waals surface area contributed by atoms with Crippen molar-refractivity contribution in [2.75, 3.05) is 9.80 Å². The summed E-state index contributed by atoms with van der Waals surface area (Å²) in [6.07, 6.45) is 7.59. The second-order valence-electron chi connectivity index (χ2n) is 19.5. The van der Waals surface area contributed by atoms with Crippen molar-refractivity contribution < 1.29 is 0 Å². The van der Waals surface area contributed by atoms with Gasteiger partial charge in [-0.25, -0.2) is 0 Å². The van der Waals surface area contributed by atoms with Crippen molar-refractivity contribution in [1.29, 1.82) is 0 Å². The number of pyridine rings is 2. The third kappa shape index (κ3) is 5.64. The van der Waals surface area contributed by atoms with Gasteiger partial charge >= 0.3 is 0 Å². The van der Waals surface area contributed by atoms with Crippen molar-refractivity contribution in [2.24, 2.45) is 0 Å². The second kappa shape index (κ2) is 14.9. The molecular formula is C65H44N6. The molecule has 0 fully saturated rings. The lowest BCUT2D eigenvalue weighted by Crippen LogP contribution is -2.18. The first-order valence-corrected chi connectivity index (χ1v) is 24.4. The molecule has 334 valence electrons. The summed E-state index contributed by atoms with van der Waals surface area (Å²) in [5.41, 5.74) is 18.4. The molecule has 0 aliphatic heterocycles. The van der Waals surface area contributed by atoms with Gasteiger partial charge in [0.25, 0.3) is 0 Å². The van der Waals surface area contributed by atoms with E-state index in [2.05, 4.69) is 237 Å². The Bertz CT molecular complexity index is 4080. The van der Waals surface area contributed by atoms with Gasteiger partial charge in [-0.1, -0.05) is 111 Å². The highest BCUT2D eigenvalue weighted by molar-refractivity contribution is 6.28. The highest BCUT2D eigenvalue weighted by atomic mass is 15.2. The van der Waals surface area contributed by atoms with E-state index in [1.54, 1.807) is 0 Å². The second-order valence-corrected chi connectivity index (χ2v) is 19.5. The fourth-order valence-corrected chi connectivity index (χ4v) is 12.3. The third-order valence-electron chi connectivity index (χ3n) is 15.4. The third-order valence-corrected chi connectivity index (χ3v) is 15.4. The minimum absolute atomic E-state index is 0.310. The summed E-state index contributed by atoms with van der Waals surface area (Å²) in [6, 6.07) is 75.9. The highest BCUT2D eigenvalue weighted by Crippen LogP contribution is 2.54. The van der Waals surface area contributed by atoms with Gasteiger partial charge in [0.2, 0.25) is 0 Å². The smallest absolute Gasteiger partial charge is 0.0645 e. The van der Waals surface area contributed by atoms with Gasteiger partial charge in [0.05, 0.1) is 57.2 Å². The van der Waals surface area contributed by atoms with Crippen LogP contribution in [0.4, 0.5) is 34.1 Å². The standard InChI is InChI=1S/C65H44N6/c1-65(2)53-37-45(68(43-15-5-3-6-16-43)55-31-33-59-63-51(55)27-23-41-13-9-21-57(61(41)63)70(59)47-19-11-35-66-39-47)25-29-49(53)50-30-26-46(38-54(50)65)69(44-17-7-4-8-18-44)56-32-34-60-64-52(56)28-24-42-14-10-22-58(62(42)64)71(60)48-20-12-36-67-40-48/h3-40H,1-2H3. The Labute approximate surface area is 410 Å². The van der Waals surface area contributed by atoms with E-state index in [1.165, 1.54) is 87.4 Å². The van der Waals surface area contributed by atoms with Crippen molar-refractivity contribution in [1.82, 2.24) is 19.1 Å². The summed E-state index contributed by atoms with van der Waals surface area (Å²) in [6.45, 7) is 4.79. The quantitative estimate of drug-likeness (QED) is 0.142. The number of hydrogen-bond acceptors (Lipinski definition) is 4. The topological polar surface area (TPSA) is 42.1 Å². The van der Waals surface area contributed by atoms with Crippen LogP contribution in [0.5, 0.6) is 0 Å². The fourth-order valence-electron chi connectivity index (χ4n) is 12.3. The average Bonchev–Trinajstić information content (AvgIpc) is 4.03. The van der Waals surface area contributed by atoms with Gasteiger partial charge in [0.1, 0.15) is 0 Å². The minimum atomic E-state index is -0.310. The van der Waals surface area contributed by atoms with Crippen molar-refractivity contribution >= 4 is 99.3 Å². The molecule has 0 N–H and O–H groups in total. The highest BCUT2D eigenvalue weighted by Gasteiger charge is 2.37. The van der Waals surface area contributed by atoms with Crippen LogP contribution in [0.15, 0.2) is 231 Å². The Kier molecular flexibility index (Phi) is 8.32. The van der Waals surface area contributed by atoms with Crippen LogP contribution >= 0.6 is 0 Å². The van der Waals surface area contributed by atoms with Crippen molar-refractivity contribution in [3.05, 3.63) is 242 Å². The summed E-state index contributed by atoms with van der Waals surface area (Å²) in [7, 11) is 0. The fraction of sp³-hybridized carbons (Fsp3) is 0.0462. The van der Waals surface area contributed by atoms with Crippen LogP contribution in [-0.4, -0.2) is 19.1 Å². The molecule has 0 saturated heterocycles. The lowest BCUT2D eigenvalue weighted by Gasteiger charge is -2.30. The predicted molar refractivity (Wildman–Crippen MR) is 295 cm³/mol. The average molecular weight is 909 g/mol. The Morgan fingerprint density at radius 1 is 0.366 bits per heavy atom. The van der Waals surface area contributed by atoms with E-state index in [0.717, 1.165) is 45.5 Å². The van der Waals surface area contributed by atoms with Gasteiger partial charge in [-0.05, 0) is 142 Å². The molecule has 0 bridgehead atoms. The molecule has 0 unspecified atom stereocenters. The number of aromatic nitrogens is 4. The summed E-state index contributed by atoms with van der Waals surface area (Å²) >= 11 is 0. The lowest BCUT2D eigenvalue weighted by molar-refractivity contribution is 0.660. The first kappa shape index (κ1) is 39.7. The minimum Gasteiger partial charge on any atom is -0.310 e. The summed E-state index contributed by atoms with van der Waals surface area (Å²) < 4.78 is 4.72. The summed E-state index contributed by atoms with van der Waals surface area (Å²) in [5, 5.41) is 9.92. The van der Waals surface area contributed by atoms with Crippen LogP contribution in [0, 0.1) is 0 Å². The van der Waals surface area contributed by atoms with Gasteiger partial charge < -0.3 is 18.9 Å². The molecule has 0 spiro atoms. The largest absolute Gasteiger partial charge is 0.310 e. The van der Waals surface area contributed by atoms with Crippen LogP contribution in [0.2, 0.25) is 0 Å². The number of anilines is 6. The first-order valence-electron chi connectivity index (χ1n) is 24.4. The Morgan fingerprint density at radius 3 is 1.25 bits per heavy atom. The molecule has 10 aromatic carbocycles. The molecule has 6 heteroatoms. The van der Waals surface area contributed by atoms with Gasteiger partial charge in [0, 0.05) is 72.9 Å². The number of fused-ring (bicyclic) bond motifs is 3. The number of rotatable bonds is 8. The molecule has 4 aromatic heterocycles. The van der Waals surface area contributed by atoms with Gasteiger partial charge in [-0.15, -0.1) is 0 Å². The predicted octanol–water partition coefficient (Wildman–Crippen LogP) is 17.1. The Balaban J connectivity index is 0.882. The molecule has 0 amide bonds. The van der Waals surface area contributed by atoms with E-state index in [-0.39, 0.29) is 5.41 Å². The molecule has 14 aromatic rings. The van der Waals surface area contributed by atoms with Crippen LogP contribution in [-0.2, 0) is 5.41 Å². The van der Waals surface area contributed by atoms with Crippen molar-refractivity contribution in [2.45, 2.75) is 19.3 Å². The summed E-state index contributed by atoms with van der Waals surface area (Å²) in [5.74, 6) is 0. The van der Waals surface area contributed by atoms with E-state index < -0.39 is 0 Å². The number of benzene rings is 10. The zero-order chi connectivity index (χ0) is 47.0. The molecular weight excluding hydrogens is 865 g/mol. The maximum atomic E-state index is 4.52. The lowest BCUT2D eigenvalue weighted by atomic mass is 9.82. The van der Waals surface area contributed by atoms with E-state index in [1.807, 2.05) is 36.9 Å². The van der Waals surface area contributed by atoms with Crippen LogP contribution < -0.4 is 9.80 Å². The van der Waals surface area contributed by atoms with Crippen molar-refractivity contribution in [3.8, 4) is 22.5 Å². The number of para-hydroxylation sites is 2. The molecule has 4 heterocycles. The SMILES string of the molecule is CC1(C)c2cc(N(c3ccccc3)c3ccc4c5c3ccc3cccc(c35)n4-c3cccnc3)ccc2-c2ccc(N(c3ccccc3)c3ccc4c5c3ccc3cccc(c35)n4-c3cccnc3)cc21. The van der Waals surface area contributed by atoms with E-state index in [9.17, 15) is 0 Å².